The van der Waals surface area contributed by atoms with E-state index in [1.807, 2.05) is 30.0 Å². The average molecular weight is 383 g/mol. The Morgan fingerprint density at radius 3 is 2.69 bits per heavy atom. The third-order valence-electron chi connectivity index (χ3n) is 4.90. The molecule has 146 valence electrons. The summed E-state index contributed by atoms with van der Waals surface area (Å²) in [6.45, 7) is 5.06. The van der Waals surface area contributed by atoms with Gasteiger partial charge in [0.15, 0.2) is 0 Å². The second-order valence-corrected chi connectivity index (χ2v) is 8.49. The molecule has 1 amide bonds. The molecule has 1 heterocycles. The van der Waals surface area contributed by atoms with Crippen LogP contribution >= 0.6 is 0 Å². The lowest BCUT2D eigenvalue weighted by molar-refractivity contribution is -0.131. The van der Waals surface area contributed by atoms with E-state index in [4.69, 9.17) is 4.74 Å². The molecule has 2 rings (SSSR count). The molecular formula is C19H30N2O4S. The molecule has 1 aliphatic rings. The van der Waals surface area contributed by atoms with Crippen LogP contribution in [0.1, 0.15) is 44.6 Å². The molecule has 1 saturated heterocycles. The molecule has 0 bridgehead atoms. The number of likely N-dealkylation sites (tertiary alicyclic amines) is 1. The number of rotatable bonds is 10. The van der Waals surface area contributed by atoms with Gasteiger partial charge in [0.1, 0.15) is 0 Å². The van der Waals surface area contributed by atoms with E-state index in [-0.39, 0.29) is 36.8 Å². The van der Waals surface area contributed by atoms with Crippen molar-refractivity contribution >= 4 is 15.9 Å². The van der Waals surface area contributed by atoms with Crippen molar-refractivity contribution in [2.75, 3.05) is 32.1 Å². The van der Waals surface area contributed by atoms with Gasteiger partial charge in [0, 0.05) is 25.1 Å². The van der Waals surface area contributed by atoms with E-state index in [1.165, 1.54) is 5.56 Å². The Balaban J connectivity index is 1.97. The van der Waals surface area contributed by atoms with Gasteiger partial charge in [-0.05, 0) is 31.7 Å². The Morgan fingerprint density at radius 2 is 2.04 bits per heavy atom. The van der Waals surface area contributed by atoms with E-state index in [0.29, 0.717) is 13.2 Å². The molecule has 0 aromatic heterocycles. The average Bonchev–Trinajstić information content (AvgIpc) is 3.11. The molecule has 26 heavy (non-hydrogen) atoms. The summed E-state index contributed by atoms with van der Waals surface area (Å²) in [5.41, 5.74) is 1.23. The first-order chi connectivity index (χ1) is 12.5. The lowest BCUT2D eigenvalue weighted by Crippen LogP contribution is -2.45. The Kier molecular flexibility index (Phi) is 8.06. The third kappa shape index (κ3) is 5.79. The van der Waals surface area contributed by atoms with Crippen LogP contribution in [0.3, 0.4) is 0 Å². The van der Waals surface area contributed by atoms with Crippen molar-refractivity contribution in [3.05, 3.63) is 35.9 Å². The van der Waals surface area contributed by atoms with Crippen LogP contribution in [0.25, 0.3) is 0 Å². The summed E-state index contributed by atoms with van der Waals surface area (Å²) in [6.07, 6.45) is 2.85. The predicted molar refractivity (Wildman–Crippen MR) is 102 cm³/mol. The summed E-state index contributed by atoms with van der Waals surface area (Å²) in [7, 11) is -3.50. The van der Waals surface area contributed by atoms with Gasteiger partial charge in [0.05, 0.1) is 18.9 Å². The van der Waals surface area contributed by atoms with Crippen molar-refractivity contribution < 1.29 is 17.9 Å². The van der Waals surface area contributed by atoms with E-state index in [2.05, 4.69) is 23.8 Å². The molecule has 0 saturated carbocycles. The number of hydrogen-bond acceptors (Lipinski definition) is 4. The number of sulfonamides is 1. The first-order valence-corrected chi connectivity index (χ1v) is 11.0. The molecule has 7 heteroatoms. The highest BCUT2D eigenvalue weighted by atomic mass is 32.2. The van der Waals surface area contributed by atoms with Crippen molar-refractivity contribution in [2.24, 2.45) is 0 Å². The molecule has 1 N–H and O–H groups in total. The minimum atomic E-state index is -3.50. The highest BCUT2D eigenvalue weighted by molar-refractivity contribution is 7.89. The highest BCUT2D eigenvalue weighted by Gasteiger charge is 2.34. The summed E-state index contributed by atoms with van der Waals surface area (Å²) < 4.78 is 31.4. The first kappa shape index (κ1) is 20.9. The predicted octanol–water partition coefficient (Wildman–Crippen LogP) is 2.13. The van der Waals surface area contributed by atoms with Crippen LogP contribution in [-0.4, -0.2) is 57.3 Å². The smallest absolute Gasteiger partial charge is 0.237 e. The quantitative estimate of drug-likeness (QED) is 0.629. The second kappa shape index (κ2) is 10.0. The van der Waals surface area contributed by atoms with Crippen molar-refractivity contribution in [1.29, 1.82) is 0 Å². The maximum atomic E-state index is 12.7. The molecule has 0 unspecified atom stereocenters. The highest BCUT2D eigenvalue weighted by Crippen LogP contribution is 2.33. The molecule has 1 fully saturated rings. The monoisotopic (exact) mass is 382 g/mol. The fourth-order valence-electron chi connectivity index (χ4n) is 3.61. The molecule has 0 spiro atoms. The van der Waals surface area contributed by atoms with Crippen molar-refractivity contribution in [3.63, 3.8) is 0 Å². The van der Waals surface area contributed by atoms with Crippen molar-refractivity contribution in [2.45, 2.75) is 45.1 Å². The zero-order valence-corrected chi connectivity index (χ0v) is 16.5. The number of nitrogens with one attached hydrogen (secondary N) is 1. The minimum Gasteiger partial charge on any atom is -0.381 e. The largest absolute Gasteiger partial charge is 0.381 e. The summed E-state index contributed by atoms with van der Waals surface area (Å²) in [6, 6.07) is 10.4. The van der Waals surface area contributed by atoms with Gasteiger partial charge in [0.2, 0.25) is 15.9 Å². The molecule has 1 aliphatic heterocycles. The van der Waals surface area contributed by atoms with Gasteiger partial charge < -0.3 is 9.64 Å². The Labute approximate surface area is 157 Å². The second-order valence-electron chi connectivity index (χ2n) is 6.56. The van der Waals surface area contributed by atoms with Gasteiger partial charge in [0.25, 0.3) is 0 Å². The van der Waals surface area contributed by atoms with Crippen LogP contribution in [-0.2, 0) is 19.6 Å². The van der Waals surface area contributed by atoms with Crippen LogP contribution in [0.5, 0.6) is 0 Å². The molecule has 1 aromatic carbocycles. The van der Waals surface area contributed by atoms with Gasteiger partial charge in [-0.3, -0.25) is 4.79 Å². The lowest BCUT2D eigenvalue weighted by atomic mass is 9.87. The van der Waals surface area contributed by atoms with Gasteiger partial charge >= 0.3 is 0 Å². The molecule has 6 nitrogen and oxygen atoms in total. The number of carbonyl (C=O) groups is 1. The van der Waals surface area contributed by atoms with Crippen LogP contribution in [0.15, 0.2) is 30.3 Å². The lowest BCUT2D eigenvalue weighted by Gasteiger charge is -2.31. The van der Waals surface area contributed by atoms with Gasteiger partial charge in [-0.1, -0.05) is 37.3 Å². The number of ether oxygens (including phenoxy) is 1. The fourth-order valence-corrected chi connectivity index (χ4v) is 4.43. The van der Waals surface area contributed by atoms with Crippen molar-refractivity contribution in [1.82, 2.24) is 9.62 Å². The minimum absolute atomic E-state index is 0.126. The third-order valence-corrected chi connectivity index (χ3v) is 6.18. The molecular weight excluding hydrogens is 352 g/mol. The van der Waals surface area contributed by atoms with E-state index in [0.717, 1.165) is 19.3 Å². The summed E-state index contributed by atoms with van der Waals surface area (Å²) in [4.78, 5) is 14.5. The SMILES string of the molecule is CCOCCS(=O)(=O)NCC(=O)N1CCC[C@@H]1[C@H](CC)c1ccccc1. The molecule has 0 aliphatic carbocycles. The van der Waals surface area contributed by atoms with E-state index in [1.54, 1.807) is 0 Å². The Hall–Kier alpha value is -1.44. The van der Waals surface area contributed by atoms with E-state index < -0.39 is 10.0 Å². The number of benzene rings is 1. The number of amides is 1. The Bertz CT molecular complexity index is 663. The molecule has 2 atom stereocenters. The Morgan fingerprint density at radius 1 is 1.31 bits per heavy atom. The number of hydrogen-bond donors (Lipinski definition) is 1. The van der Waals surface area contributed by atoms with Gasteiger partial charge in [-0.2, -0.15) is 0 Å². The first-order valence-electron chi connectivity index (χ1n) is 9.38. The zero-order chi connectivity index (χ0) is 19.0. The van der Waals surface area contributed by atoms with Gasteiger partial charge in [-0.25, -0.2) is 13.1 Å². The fraction of sp³-hybridized carbons (Fsp3) is 0.632. The normalized spacial score (nSPS) is 18.8. The van der Waals surface area contributed by atoms with Crippen LogP contribution in [0.4, 0.5) is 0 Å². The van der Waals surface area contributed by atoms with Crippen molar-refractivity contribution in [3.8, 4) is 0 Å². The summed E-state index contributed by atoms with van der Waals surface area (Å²) in [5.74, 6) is -0.00170. The van der Waals surface area contributed by atoms with E-state index in [9.17, 15) is 13.2 Å². The van der Waals surface area contributed by atoms with Crippen LogP contribution in [0, 0.1) is 0 Å². The number of nitrogens with zero attached hydrogens (tertiary/aromatic N) is 1. The topological polar surface area (TPSA) is 75.7 Å². The maximum Gasteiger partial charge on any atom is 0.237 e. The molecule has 0 radical (unpaired) electrons. The maximum absolute atomic E-state index is 12.7. The van der Waals surface area contributed by atoms with E-state index >= 15 is 0 Å². The standard InChI is InChI=1S/C19H30N2O4S/c1-3-17(16-9-6-5-7-10-16)18-11-8-12-21(18)19(22)15-20-26(23,24)14-13-25-4-2/h5-7,9-10,17-18,20H,3-4,8,11-15H2,1-2H3/t17-,18-/m1/s1. The summed E-state index contributed by atoms with van der Waals surface area (Å²) in [5, 5.41) is 0. The number of carbonyl (C=O) groups excluding carboxylic acids is 1. The van der Waals surface area contributed by atoms with Crippen LogP contribution in [0.2, 0.25) is 0 Å². The van der Waals surface area contributed by atoms with Crippen LogP contribution < -0.4 is 4.72 Å². The molecule has 1 aromatic rings. The summed E-state index contributed by atoms with van der Waals surface area (Å²) >= 11 is 0. The zero-order valence-electron chi connectivity index (χ0n) is 15.7. The van der Waals surface area contributed by atoms with Gasteiger partial charge in [-0.15, -0.1) is 0 Å².